The third kappa shape index (κ3) is 4.10. The summed E-state index contributed by atoms with van der Waals surface area (Å²) in [5.74, 6) is 1.14. The minimum absolute atomic E-state index is 0.103. The van der Waals surface area contributed by atoms with E-state index in [4.69, 9.17) is 11.1 Å². The van der Waals surface area contributed by atoms with Gasteiger partial charge in [0.15, 0.2) is 0 Å². The average Bonchev–Trinajstić information content (AvgIpc) is 2.39. The van der Waals surface area contributed by atoms with Crippen LogP contribution in [0.15, 0.2) is 48.5 Å². The first-order chi connectivity index (χ1) is 9.15. The maximum Gasteiger partial charge on any atom is 0.124 e. The summed E-state index contributed by atoms with van der Waals surface area (Å²) in [7, 11) is 0. The topological polar surface area (TPSA) is 49.9 Å². The lowest BCUT2D eigenvalue weighted by molar-refractivity contribution is 0.626. The summed E-state index contributed by atoms with van der Waals surface area (Å²) in [4.78, 5) is 0. The molecule has 98 valence electrons. The molecule has 2 nitrogen and oxygen atoms in total. The molecule has 0 spiro atoms. The zero-order valence-corrected chi connectivity index (χ0v) is 11.2. The fourth-order valence-electron chi connectivity index (χ4n) is 1.75. The molecule has 0 aromatic heterocycles. The van der Waals surface area contributed by atoms with Crippen molar-refractivity contribution in [3.63, 3.8) is 0 Å². The van der Waals surface area contributed by atoms with E-state index in [1.807, 2.05) is 18.2 Å². The molecule has 3 N–H and O–H groups in total. The van der Waals surface area contributed by atoms with Crippen LogP contribution in [0.4, 0.5) is 4.39 Å². The van der Waals surface area contributed by atoms with Crippen LogP contribution >= 0.6 is 11.8 Å². The lowest BCUT2D eigenvalue weighted by atomic mass is 10.1. The quantitative estimate of drug-likeness (QED) is 0.647. The van der Waals surface area contributed by atoms with E-state index in [2.05, 4.69) is 12.1 Å². The molecule has 0 amide bonds. The van der Waals surface area contributed by atoms with E-state index in [-0.39, 0.29) is 11.7 Å². The van der Waals surface area contributed by atoms with Gasteiger partial charge in [0, 0.05) is 17.1 Å². The smallest absolute Gasteiger partial charge is 0.124 e. The average molecular weight is 274 g/mol. The molecule has 0 heterocycles. The Bertz CT molecular complexity index is 570. The molecule has 2 aromatic carbocycles. The van der Waals surface area contributed by atoms with E-state index in [0.717, 1.165) is 11.3 Å². The van der Waals surface area contributed by atoms with Gasteiger partial charge in [-0.2, -0.15) is 11.8 Å². The summed E-state index contributed by atoms with van der Waals surface area (Å²) in [5, 5.41) is 7.34. The van der Waals surface area contributed by atoms with Gasteiger partial charge in [-0.15, -0.1) is 0 Å². The van der Waals surface area contributed by atoms with Crippen molar-refractivity contribution in [1.82, 2.24) is 0 Å². The first kappa shape index (κ1) is 13.6. The Labute approximate surface area is 116 Å². The van der Waals surface area contributed by atoms with Crippen molar-refractivity contribution in [2.45, 2.75) is 11.5 Å². The van der Waals surface area contributed by atoms with Gasteiger partial charge < -0.3 is 5.73 Å². The molecule has 0 aliphatic rings. The van der Waals surface area contributed by atoms with Gasteiger partial charge in [-0.1, -0.05) is 30.3 Å². The summed E-state index contributed by atoms with van der Waals surface area (Å²) in [6.45, 7) is 0. The van der Waals surface area contributed by atoms with Gasteiger partial charge in [0.1, 0.15) is 11.7 Å². The first-order valence-corrected chi connectivity index (χ1v) is 7.06. The van der Waals surface area contributed by atoms with Gasteiger partial charge in [-0.25, -0.2) is 4.39 Å². The predicted octanol–water partition coefficient (Wildman–Crippen LogP) is 3.54. The number of hydrogen-bond donors (Lipinski definition) is 2. The van der Waals surface area contributed by atoms with Crippen LogP contribution in [0.25, 0.3) is 0 Å². The molecule has 0 atom stereocenters. The highest BCUT2D eigenvalue weighted by molar-refractivity contribution is 7.97. The van der Waals surface area contributed by atoms with Crippen molar-refractivity contribution in [1.29, 1.82) is 5.41 Å². The van der Waals surface area contributed by atoms with Crippen LogP contribution in [-0.4, -0.2) is 5.84 Å². The molecule has 0 unspecified atom stereocenters. The van der Waals surface area contributed by atoms with E-state index in [1.165, 1.54) is 17.7 Å². The van der Waals surface area contributed by atoms with Gasteiger partial charge in [-0.05, 0) is 29.3 Å². The lowest BCUT2D eigenvalue weighted by Gasteiger charge is -2.05. The Hall–Kier alpha value is -1.81. The highest BCUT2D eigenvalue weighted by Gasteiger charge is 2.03. The fraction of sp³-hybridized carbons (Fsp3) is 0.133. The standard InChI is InChI=1S/C15H15FN2S/c16-14-7-12(6-13(8-14)15(17)18)10-19-9-11-4-2-1-3-5-11/h1-8H,9-10H2,(H3,17,18). The second-order valence-electron chi connectivity index (χ2n) is 4.24. The number of hydrogen-bond acceptors (Lipinski definition) is 2. The first-order valence-electron chi connectivity index (χ1n) is 5.90. The molecule has 0 bridgehead atoms. The van der Waals surface area contributed by atoms with Crippen molar-refractivity contribution in [3.8, 4) is 0 Å². The van der Waals surface area contributed by atoms with Crippen molar-refractivity contribution in [3.05, 3.63) is 71.0 Å². The largest absolute Gasteiger partial charge is 0.384 e. The van der Waals surface area contributed by atoms with E-state index >= 15 is 0 Å². The van der Waals surface area contributed by atoms with Crippen LogP contribution in [0.2, 0.25) is 0 Å². The molecular weight excluding hydrogens is 259 g/mol. The minimum Gasteiger partial charge on any atom is -0.384 e. The highest BCUT2D eigenvalue weighted by Crippen LogP contribution is 2.19. The van der Waals surface area contributed by atoms with Gasteiger partial charge in [0.2, 0.25) is 0 Å². The molecule has 2 aromatic rings. The summed E-state index contributed by atoms with van der Waals surface area (Å²) < 4.78 is 13.4. The van der Waals surface area contributed by atoms with Crippen LogP contribution in [-0.2, 0) is 11.5 Å². The molecule has 2 rings (SSSR count). The van der Waals surface area contributed by atoms with Crippen molar-refractivity contribution in [2.75, 3.05) is 0 Å². The van der Waals surface area contributed by atoms with Crippen LogP contribution in [0.1, 0.15) is 16.7 Å². The monoisotopic (exact) mass is 274 g/mol. The summed E-state index contributed by atoms with van der Waals surface area (Å²) in [6.07, 6.45) is 0. The number of nitrogen functional groups attached to an aromatic ring is 1. The van der Waals surface area contributed by atoms with Gasteiger partial charge in [-0.3, -0.25) is 5.41 Å². The Balaban J connectivity index is 1.98. The molecule has 0 radical (unpaired) electrons. The summed E-state index contributed by atoms with van der Waals surface area (Å²) in [6, 6.07) is 14.7. The van der Waals surface area contributed by atoms with Gasteiger partial charge in [0.05, 0.1) is 0 Å². The van der Waals surface area contributed by atoms with Crippen LogP contribution in [0, 0.1) is 11.2 Å². The number of thioether (sulfide) groups is 1. The molecule has 4 heteroatoms. The van der Waals surface area contributed by atoms with Gasteiger partial charge in [0.25, 0.3) is 0 Å². The molecule has 0 fully saturated rings. The number of rotatable bonds is 5. The Morgan fingerprint density at radius 2 is 1.74 bits per heavy atom. The van der Waals surface area contributed by atoms with Crippen molar-refractivity contribution < 1.29 is 4.39 Å². The minimum atomic E-state index is -0.344. The van der Waals surface area contributed by atoms with Gasteiger partial charge >= 0.3 is 0 Å². The third-order valence-corrected chi connectivity index (χ3v) is 3.72. The Morgan fingerprint density at radius 1 is 1.05 bits per heavy atom. The maximum atomic E-state index is 13.4. The second kappa shape index (κ2) is 6.38. The number of nitrogens with two attached hydrogens (primary N) is 1. The van der Waals surface area contributed by atoms with E-state index in [1.54, 1.807) is 17.8 Å². The molecular formula is C15H15FN2S. The Morgan fingerprint density at radius 3 is 2.42 bits per heavy atom. The van der Waals surface area contributed by atoms with Crippen molar-refractivity contribution >= 4 is 17.6 Å². The fourth-order valence-corrected chi connectivity index (χ4v) is 2.68. The van der Waals surface area contributed by atoms with E-state index in [0.29, 0.717) is 11.3 Å². The molecule has 0 saturated heterocycles. The molecule has 19 heavy (non-hydrogen) atoms. The lowest BCUT2D eigenvalue weighted by Crippen LogP contribution is -2.11. The molecule has 0 aliphatic carbocycles. The van der Waals surface area contributed by atoms with E-state index in [9.17, 15) is 4.39 Å². The van der Waals surface area contributed by atoms with Crippen LogP contribution in [0.5, 0.6) is 0 Å². The maximum absolute atomic E-state index is 13.4. The number of amidine groups is 1. The summed E-state index contributed by atoms with van der Waals surface area (Å²) in [5.41, 5.74) is 7.92. The number of halogens is 1. The van der Waals surface area contributed by atoms with Crippen LogP contribution in [0.3, 0.4) is 0 Å². The number of nitrogens with one attached hydrogen (secondary N) is 1. The zero-order chi connectivity index (χ0) is 13.7. The van der Waals surface area contributed by atoms with Crippen LogP contribution < -0.4 is 5.73 Å². The zero-order valence-electron chi connectivity index (χ0n) is 10.4. The second-order valence-corrected chi connectivity index (χ2v) is 5.23. The Kier molecular flexibility index (Phi) is 4.58. The SMILES string of the molecule is N=C(N)c1cc(F)cc(CSCc2ccccc2)c1. The predicted molar refractivity (Wildman–Crippen MR) is 78.9 cm³/mol. The molecule has 0 saturated carbocycles. The third-order valence-electron chi connectivity index (χ3n) is 2.65. The van der Waals surface area contributed by atoms with Crippen molar-refractivity contribution in [2.24, 2.45) is 5.73 Å². The van der Waals surface area contributed by atoms with E-state index < -0.39 is 0 Å². The molecule has 0 aliphatic heterocycles. The summed E-state index contributed by atoms with van der Waals surface area (Å²) >= 11 is 1.71. The number of benzene rings is 2. The highest BCUT2D eigenvalue weighted by atomic mass is 32.2. The normalized spacial score (nSPS) is 10.4.